The number of hydrogen-bond acceptors (Lipinski definition) is 3. The van der Waals surface area contributed by atoms with E-state index >= 15 is 0 Å². The molecule has 0 heterocycles. The van der Waals surface area contributed by atoms with Gasteiger partial charge < -0.3 is 5.32 Å². The molecule has 0 bridgehead atoms. The van der Waals surface area contributed by atoms with E-state index in [2.05, 4.69) is 17.4 Å². The van der Waals surface area contributed by atoms with Crippen molar-refractivity contribution >= 4 is 21.6 Å². The van der Waals surface area contributed by atoms with Crippen LogP contribution in [-0.4, -0.2) is 26.6 Å². The Bertz CT molecular complexity index is 1000. The first kappa shape index (κ1) is 21.4. The quantitative estimate of drug-likeness (QED) is 0.776. The van der Waals surface area contributed by atoms with Gasteiger partial charge in [0, 0.05) is 0 Å². The number of anilines is 1. The third-order valence-electron chi connectivity index (χ3n) is 5.76. The molecule has 2 aromatic carbocycles. The molecule has 0 aromatic heterocycles. The second-order valence-electron chi connectivity index (χ2n) is 7.90. The van der Waals surface area contributed by atoms with Gasteiger partial charge in [0.2, 0.25) is 15.9 Å². The number of nitrogens with one attached hydrogen (secondary N) is 1. The van der Waals surface area contributed by atoms with Crippen LogP contribution in [0.4, 0.5) is 5.69 Å². The lowest BCUT2D eigenvalue weighted by atomic mass is 9.87. The van der Waals surface area contributed by atoms with Gasteiger partial charge in [0.05, 0.1) is 18.0 Å². The number of fused-ring (bicyclic) bond motifs is 1. The van der Waals surface area contributed by atoms with E-state index in [0.29, 0.717) is 12.1 Å². The van der Waals surface area contributed by atoms with Gasteiger partial charge in [-0.2, -0.15) is 0 Å². The van der Waals surface area contributed by atoms with Gasteiger partial charge in [-0.15, -0.1) is 0 Å². The van der Waals surface area contributed by atoms with Crippen molar-refractivity contribution in [1.82, 2.24) is 5.32 Å². The highest BCUT2D eigenvalue weighted by atomic mass is 32.2. The molecule has 1 N–H and O–H groups in total. The third kappa shape index (κ3) is 4.64. The first-order chi connectivity index (χ1) is 13.7. The number of carbonyl (C=O) groups is 1. The molecule has 29 heavy (non-hydrogen) atoms. The number of amides is 1. The number of carbonyl (C=O) groups excluding carboxylic acids is 1. The number of hydrogen-bond donors (Lipinski definition) is 1. The van der Waals surface area contributed by atoms with Crippen molar-refractivity contribution in [1.29, 1.82) is 0 Å². The lowest BCUT2D eigenvalue weighted by molar-refractivity contribution is -0.123. The van der Waals surface area contributed by atoms with Gasteiger partial charge >= 0.3 is 0 Å². The van der Waals surface area contributed by atoms with E-state index in [1.807, 2.05) is 45.0 Å². The summed E-state index contributed by atoms with van der Waals surface area (Å²) >= 11 is 0. The number of aryl methyl sites for hydroxylation is 3. The molecule has 0 radical (unpaired) electrons. The van der Waals surface area contributed by atoms with E-state index in [4.69, 9.17) is 0 Å². The van der Waals surface area contributed by atoms with Crippen LogP contribution in [0.1, 0.15) is 54.5 Å². The van der Waals surface area contributed by atoms with Crippen LogP contribution in [0.5, 0.6) is 0 Å². The Hall–Kier alpha value is -2.34. The molecule has 0 fully saturated rings. The van der Waals surface area contributed by atoms with E-state index in [1.165, 1.54) is 9.87 Å². The van der Waals surface area contributed by atoms with Gasteiger partial charge in [-0.05, 0) is 73.9 Å². The van der Waals surface area contributed by atoms with Gasteiger partial charge in [0.1, 0.15) is 6.04 Å². The summed E-state index contributed by atoms with van der Waals surface area (Å²) in [5.41, 5.74) is 5.00. The zero-order valence-electron chi connectivity index (χ0n) is 17.6. The predicted octanol–water partition coefficient (Wildman–Crippen LogP) is 4.04. The van der Waals surface area contributed by atoms with E-state index in [9.17, 15) is 13.2 Å². The van der Waals surface area contributed by atoms with Gasteiger partial charge in [-0.3, -0.25) is 9.10 Å². The molecule has 2 atom stereocenters. The van der Waals surface area contributed by atoms with Crippen molar-refractivity contribution in [2.45, 2.75) is 58.5 Å². The van der Waals surface area contributed by atoms with Crippen LogP contribution in [0.25, 0.3) is 0 Å². The SMILES string of the molecule is CC[C@@H](C(=O)N[C@@H]1CCCc2ccccc21)N(c1ccc(C)c(C)c1)S(C)(=O)=O. The molecule has 0 saturated heterocycles. The topological polar surface area (TPSA) is 66.5 Å². The molecule has 156 valence electrons. The van der Waals surface area contributed by atoms with Crippen LogP contribution in [0.2, 0.25) is 0 Å². The summed E-state index contributed by atoms with van der Waals surface area (Å²) in [5.74, 6) is -0.252. The van der Waals surface area contributed by atoms with E-state index < -0.39 is 16.1 Å². The van der Waals surface area contributed by atoms with Crippen molar-refractivity contribution in [2.24, 2.45) is 0 Å². The van der Waals surface area contributed by atoms with Crippen molar-refractivity contribution in [3.63, 3.8) is 0 Å². The minimum Gasteiger partial charge on any atom is -0.347 e. The predicted molar refractivity (Wildman–Crippen MR) is 118 cm³/mol. The monoisotopic (exact) mass is 414 g/mol. The maximum Gasteiger partial charge on any atom is 0.244 e. The summed E-state index contributed by atoms with van der Waals surface area (Å²) in [7, 11) is -3.63. The molecule has 0 aliphatic heterocycles. The average Bonchev–Trinajstić information content (AvgIpc) is 2.67. The van der Waals surface area contributed by atoms with Gasteiger partial charge in [-0.1, -0.05) is 37.3 Å². The Morgan fingerprint density at radius 2 is 1.90 bits per heavy atom. The standard InChI is InChI=1S/C23H30N2O3S/c1-5-22(25(29(4,27)28)19-14-13-16(2)17(3)15-19)23(26)24-21-12-8-10-18-9-6-7-11-20(18)21/h6-7,9,11,13-15,21-22H,5,8,10,12H2,1-4H3,(H,24,26)/t21-,22+/m1/s1. The second kappa shape index (κ2) is 8.57. The van der Waals surface area contributed by atoms with E-state index in [1.54, 1.807) is 6.07 Å². The highest BCUT2D eigenvalue weighted by molar-refractivity contribution is 7.92. The summed E-state index contributed by atoms with van der Waals surface area (Å²) in [6.45, 7) is 5.77. The molecule has 6 heteroatoms. The second-order valence-corrected chi connectivity index (χ2v) is 9.76. The zero-order valence-corrected chi connectivity index (χ0v) is 18.4. The minimum atomic E-state index is -3.63. The van der Waals surface area contributed by atoms with Gasteiger partial charge in [0.15, 0.2) is 0 Å². The van der Waals surface area contributed by atoms with Crippen molar-refractivity contribution in [3.05, 3.63) is 64.7 Å². The van der Waals surface area contributed by atoms with Crippen molar-refractivity contribution in [2.75, 3.05) is 10.6 Å². The molecular weight excluding hydrogens is 384 g/mol. The van der Waals surface area contributed by atoms with Crippen LogP contribution in [0.3, 0.4) is 0 Å². The minimum absolute atomic E-state index is 0.0809. The third-order valence-corrected chi connectivity index (χ3v) is 6.94. The average molecular weight is 415 g/mol. The van der Waals surface area contributed by atoms with Crippen molar-refractivity contribution in [3.8, 4) is 0 Å². The van der Waals surface area contributed by atoms with Crippen LogP contribution < -0.4 is 9.62 Å². The molecule has 1 amide bonds. The Morgan fingerprint density at radius 3 is 2.55 bits per heavy atom. The highest BCUT2D eigenvalue weighted by Crippen LogP contribution is 2.30. The smallest absolute Gasteiger partial charge is 0.244 e. The summed E-state index contributed by atoms with van der Waals surface area (Å²) in [5, 5.41) is 3.13. The van der Waals surface area contributed by atoms with E-state index in [-0.39, 0.29) is 11.9 Å². The number of sulfonamides is 1. The van der Waals surface area contributed by atoms with Gasteiger partial charge in [-0.25, -0.2) is 8.42 Å². The largest absolute Gasteiger partial charge is 0.347 e. The fourth-order valence-corrected chi connectivity index (χ4v) is 5.30. The molecule has 1 aliphatic rings. The molecule has 3 rings (SSSR count). The summed E-state index contributed by atoms with van der Waals surface area (Å²) < 4.78 is 26.6. The van der Waals surface area contributed by atoms with Crippen LogP contribution in [0.15, 0.2) is 42.5 Å². The zero-order chi connectivity index (χ0) is 21.2. The summed E-state index contributed by atoms with van der Waals surface area (Å²) in [4.78, 5) is 13.2. The normalized spacial score (nSPS) is 17.3. The first-order valence-corrected chi connectivity index (χ1v) is 12.0. The fraction of sp³-hybridized carbons (Fsp3) is 0.435. The lowest BCUT2D eigenvalue weighted by Gasteiger charge is -2.33. The fourth-order valence-electron chi connectivity index (χ4n) is 4.09. The Kier molecular flexibility index (Phi) is 6.32. The number of benzene rings is 2. The Balaban J connectivity index is 1.91. The summed E-state index contributed by atoms with van der Waals surface area (Å²) in [6.07, 6.45) is 4.43. The first-order valence-electron chi connectivity index (χ1n) is 10.2. The maximum absolute atomic E-state index is 13.2. The Morgan fingerprint density at radius 1 is 1.17 bits per heavy atom. The summed E-state index contributed by atoms with van der Waals surface area (Å²) in [6, 6.07) is 12.8. The lowest BCUT2D eigenvalue weighted by Crippen LogP contribution is -2.50. The molecule has 5 nitrogen and oxygen atoms in total. The maximum atomic E-state index is 13.2. The molecule has 0 saturated carbocycles. The molecule has 0 unspecified atom stereocenters. The molecule has 2 aromatic rings. The number of nitrogens with zero attached hydrogens (tertiary/aromatic N) is 1. The van der Waals surface area contributed by atoms with Crippen LogP contribution in [-0.2, 0) is 21.2 Å². The molecule has 0 spiro atoms. The number of rotatable bonds is 6. The molecule has 1 aliphatic carbocycles. The van der Waals surface area contributed by atoms with E-state index in [0.717, 1.165) is 42.2 Å². The van der Waals surface area contributed by atoms with Crippen LogP contribution in [0, 0.1) is 13.8 Å². The van der Waals surface area contributed by atoms with Crippen molar-refractivity contribution < 1.29 is 13.2 Å². The van der Waals surface area contributed by atoms with Crippen LogP contribution >= 0.6 is 0 Å². The van der Waals surface area contributed by atoms with Gasteiger partial charge in [0.25, 0.3) is 0 Å². The Labute approximate surface area is 174 Å². The molecular formula is C23H30N2O3S. The highest BCUT2D eigenvalue weighted by Gasteiger charge is 2.33.